The molecule has 0 heterocycles. The standard InChI is InChI=1S/C31H43ClN6O7/c1-8-15-38(30(43)44-16-9-2)19-22-17-23(13-12-21(22)18-32)35-26(39)24(11-10-14-34-28(33)41)36-27(40)25(20(3)4)37-29(42)45-31(5,6)7/h1-2,12-13,17,20,24-25H,10-11,14-16,18-19H2,3-7H3,(H,35,39)(H,36,40)(H,37,42)(H3,33,34,41)/t24-,25-/m0/s1. The first-order valence-electron chi connectivity index (χ1n) is 14.2. The lowest BCUT2D eigenvalue weighted by molar-refractivity contribution is -0.128. The van der Waals surface area contributed by atoms with E-state index in [1.54, 1.807) is 52.8 Å². The maximum absolute atomic E-state index is 13.5. The highest BCUT2D eigenvalue weighted by Gasteiger charge is 2.30. The van der Waals surface area contributed by atoms with E-state index in [-0.39, 0.29) is 44.5 Å². The molecule has 45 heavy (non-hydrogen) atoms. The number of anilines is 1. The summed E-state index contributed by atoms with van der Waals surface area (Å²) in [6, 6.07) is 2.13. The Labute approximate surface area is 269 Å². The smallest absolute Gasteiger partial charge is 0.411 e. The van der Waals surface area contributed by atoms with E-state index in [9.17, 15) is 24.0 Å². The fourth-order valence-corrected chi connectivity index (χ4v) is 4.18. The maximum atomic E-state index is 13.5. The minimum Gasteiger partial charge on any atom is -0.444 e. The van der Waals surface area contributed by atoms with Crippen LogP contribution >= 0.6 is 11.6 Å². The monoisotopic (exact) mass is 646 g/mol. The van der Waals surface area contributed by atoms with Gasteiger partial charge in [0.2, 0.25) is 11.8 Å². The summed E-state index contributed by atoms with van der Waals surface area (Å²) in [6.07, 6.45) is 9.53. The Kier molecular flexibility index (Phi) is 16.1. The summed E-state index contributed by atoms with van der Waals surface area (Å²) in [6.45, 7) is 8.44. The fraction of sp³-hybridized carbons (Fsp3) is 0.516. The summed E-state index contributed by atoms with van der Waals surface area (Å²) in [5, 5.41) is 10.5. The molecule has 1 aromatic carbocycles. The van der Waals surface area contributed by atoms with E-state index in [0.29, 0.717) is 23.2 Å². The number of rotatable bonds is 15. The normalized spacial score (nSPS) is 12.0. The topological polar surface area (TPSA) is 181 Å². The number of nitrogens with zero attached hydrogens (tertiary/aromatic N) is 1. The van der Waals surface area contributed by atoms with E-state index < -0.39 is 47.7 Å². The number of alkyl carbamates (subject to hydrolysis) is 1. The number of benzene rings is 1. The van der Waals surface area contributed by atoms with E-state index >= 15 is 0 Å². The summed E-state index contributed by atoms with van der Waals surface area (Å²) >= 11 is 6.13. The third-order valence-corrected chi connectivity index (χ3v) is 6.31. The zero-order valence-electron chi connectivity index (χ0n) is 26.3. The second kappa shape index (κ2) is 18.9. The first-order chi connectivity index (χ1) is 21.1. The number of nitrogens with one attached hydrogen (secondary N) is 4. The number of carbonyl (C=O) groups is 5. The van der Waals surface area contributed by atoms with Gasteiger partial charge in [-0.05, 0) is 62.8 Å². The van der Waals surface area contributed by atoms with Crippen LogP contribution in [0.3, 0.4) is 0 Å². The minimum absolute atomic E-state index is 0.0186. The van der Waals surface area contributed by atoms with Crippen molar-refractivity contribution in [1.29, 1.82) is 0 Å². The Hall–Kier alpha value is -4.62. The molecule has 0 saturated heterocycles. The Morgan fingerprint density at radius 2 is 1.73 bits per heavy atom. The van der Waals surface area contributed by atoms with Crippen LogP contribution in [-0.2, 0) is 31.5 Å². The predicted molar refractivity (Wildman–Crippen MR) is 171 cm³/mol. The van der Waals surface area contributed by atoms with Gasteiger partial charge in [0.1, 0.15) is 17.7 Å². The Morgan fingerprint density at radius 3 is 2.29 bits per heavy atom. The summed E-state index contributed by atoms with van der Waals surface area (Å²) < 4.78 is 10.3. The molecule has 0 fully saturated rings. The van der Waals surface area contributed by atoms with Crippen molar-refractivity contribution in [2.75, 3.05) is 25.0 Å². The fourth-order valence-electron chi connectivity index (χ4n) is 3.92. The predicted octanol–water partition coefficient (Wildman–Crippen LogP) is 3.05. The Balaban J connectivity index is 3.23. The lowest BCUT2D eigenvalue weighted by atomic mass is 10.0. The van der Waals surface area contributed by atoms with Gasteiger partial charge in [-0.3, -0.25) is 14.5 Å². The number of alkyl halides is 1. The SMILES string of the molecule is C#CCOC(=O)N(CC#C)Cc1cc(NC(=O)[C@H](CCCNC(N)=O)NC(=O)[C@@H](NC(=O)OC(C)(C)C)C(C)C)ccc1CCl. The zero-order valence-corrected chi connectivity index (χ0v) is 27.1. The molecule has 0 saturated carbocycles. The number of hydrogen-bond donors (Lipinski definition) is 5. The molecule has 14 heteroatoms. The van der Waals surface area contributed by atoms with Crippen LogP contribution in [0.5, 0.6) is 0 Å². The van der Waals surface area contributed by atoms with Crippen LogP contribution < -0.4 is 27.0 Å². The molecule has 0 bridgehead atoms. The van der Waals surface area contributed by atoms with E-state index in [4.69, 9.17) is 39.7 Å². The van der Waals surface area contributed by atoms with Gasteiger partial charge in [0.15, 0.2) is 6.61 Å². The second-order valence-corrected chi connectivity index (χ2v) is 11.6. The molecule has 0 spiro atoms. The highest BCUT2D eigenvalue weighted by atomic mass is 35.5. The highest BCUT2D eigenvalue weighted by Crippen LogP contribution is 2.21. The molecule has 6 amide bonds. The van der Waals surface area contributed by atoms with Gasteiger partial charge in [-0.15, -0.1) is 24.4 Å². The largest absolute Gasteiger partial charge is 0.444 e. The number of hydrogen-bond acceptors (Lipinski definition) is 7. The van der Waals surface area contributed by atoms with Crippen LogP contribution in [0.4, 0.5) is 20.1 Å². The first-order valence-corrected chi connectivity index (χ1v) is 14.8. The summed E-state index contributed by atoms with van der Waals surface area (Å²) in [5.41, 5.74) is 5.97. The van der Waals surface area contributed by atoms with Gasteiger partial charge in [-0.1, -0.05) is 31.8 Å². The first kappa shape index (κ1) is 38.4. The molecule has 0 aliphatic carbocycles. The summed E-state index contributed by atoms with van der Waals surface area (Å²) in [4.78, 5) is 64.0. The van der Waals surface area contributed by atoms with Crippen molar-refractivity contribution in [2.24, 2.45) is 11.7 Å². The van der Waals surface area contributed by atoms with Gasteiger partial charge in [-0.25, -0.2) is 14.4 Å². The third kappa shape index (κ3) is 14.6. The lowest BCUT2D eigenvalue weighted by Crippen LogP contribution is -2.55. The van der Waals surface area contributed by atoms with Crippen molar-refractivity contribution in [1.82, 2.24) is 20.9 Å². The van der Waals surface area contributed by atoms with Crippen molar-refractivity contribution in [3.8, 4) is 24.7 Å². The molecule has 1 aromatic rings. The highest BCUT2D eigenvalue weighted by molar-refractivity contribution is 6.17. The average molecular weight is 647 g/mol. The third-order valence-electron chi connectivity index (χ3n) is 6.02. The molecule has 2 atom stereocenters. The molecule has 0 aromatic heterocycles. The maximum Gasteiger partial charge on any atom is 0.411 e. The quantitative estimate of drug-likeness (QED) is 0.110. The van der Waals surface area contributed by atoms with E-state index in [1.165, 1.54) is 4.90 Å². The van der Waals surface area contributed by atoms with Gasteiger partial charge in [0.25, 0.3) is 0 Å². The zero-order chi connectivity index (χ0) is 34.2. The number of primary amides is 1. The van der Waals surface area contributed by atoms with Crippen molar-refractivity contribution in [3.05, 3.63) is 29.3 Å². The van der Waals surface area contributed by atoms with Gasteiger partial charge >= 0.3 is 18.2 Å². The van der Waals surface area contributed by atoms with E-state index in [2.05, 4.69) is 33.1 Å². The molecule has 0 unspecified atom stereocenters. The van der Waals surface area contributed by atoms with Gasteiger partial charge in [0.05, 0.1) is 13.1 Å². The Morgan fingerprint density at radius 1 is 1.04 bits per heavy atom. The lowest BCUT2D eigenvalue weighted by Gasteiger charge is -2.27. The van der Waals surface area contributed by atoms with E-state index in [0.717, 1.165) is 0 Å². The number of amides is 6. The molecule has 0 aliphatic rings. The van der Waals surface area contributed by atoms with Crippen LogP contribution in [0, 0.1) is 30.6 Å². The van der Waals surface area contributed by atoms with E-state index in [1.807, 2.05) is 0 Å². The van der Waals surface area contributed by atoms with Crippen LogP contribution in [-0.4, -0.2) is 72.3 Å². The Bertz CT molecular complexity index is 1280. The minimum atomic E-state index is -1.07. The van der Waals surface area contributed by atoms with Crippen LogP contribution in [0.25, 0.3) is 0 Å². The van der Waals surface area contributed by atoms with Gasteiger partial charge in [0, 0.05) is 18.1 Å². The number of ether oxygens (including phenoxy) is 2. The number of urea groups is 1. The average Bonchev–Trinajstić information content (AvgIpc) is 2.94. The summed E-state index contributed by atoms with van der Waals surface area (Å²) in [5.74, 6) is 3.21. The number of terminal acetylenes is 2. The number of nitrogens with two attached hydrogens (primary N) is 1. The molecule has 6 N–H and O–H groups in total. The number of carbonyl (C=O) groups excluding carboxylic acids is 5. The molecular formula is C31H43ClN6O7. The summed E-state index contributed by atoms with van der Waals surface area (Å²) in [7, 11) is 0. The number of halogens is 1. The van der Waals surface area contributed by atoms with Crippen molar-refractivity contribution in [2.45, 2.75) is 77.6 Å². The molecule has 1 rings (SSSR count). The molecular weight excluding hydrogens is 604 g/mol. The molecule has 13 nitrogen and oxygen atoms in total. The van der Waals surface area contributed by atoms with Gasteiger partial charge < -0.3 is 36.5 Å². The molecule has 246 valence electrons. The van der Waals surface area contributed by atoms with Crippen LogP contribution in [0.15, 0.2) is 18.2 Å². The van der Waals surface area contributed by atoms with Crippen molar-refractivity contribution >= 4 is 47.3 Å². The second-order valence-electron chi connectivity index (χ2n) is 11.3. The van der Waals surface area contributed by atoms with Gasteiger partial charge in [-0.2, -0.15) is 0 Å². The van der Waals surface area contributed by atoms with Crippen molar-refractivity contribution < 1.29 is 33.4 Å². The molecule has 0 aliphatic heterocycles. The van der Waals surface area contributed by atoms with Crippen LogP contribution in [0.1, 0.15) is 58.6 Å². The molecule has 0 radical (unpaired) electrons. The van der Waals surface area contributed by atoms with Crippen LogP contribution in [0.2, 0.25) is 0 Å². The van der Waals surface area contributed by atoms with Crippen molar-refractivity contribution in [3.63, 3.8) is 0 Å².